The number of tetrazole rings is 1. The van der Waals surface area contributed by atoms with E-state index < -0.39 is 30.5 Å². The van der Waals surface area contributed by atoms with Gasteiger partial charge in [-0.05, 0) is 16.8 Å². The first kappa shape index (κ1) is 12.6. The topological polar surface area (TPSA) is 84.1 Å². The second-order valence-corrected chi connectivity index (χ2v) is 4.16. The monoisotopic (exact) mass is 265 g/mol. The highest BCUT2D eigenvalue weighted by molar-refractivity contribution is 5.77. The van der Waals surface area contributed by atoms with Gasteiger partial charge < -0.3 is 10.0 Å². The second-order valence-electron chi connectivity index (χ2n) is 4.16. The molecule has 1 aliphatic heterocycles. The summed E-state index contributed by atoms with van der Waals surface area (Å²) < 4.78 is 40.0. The SMILES string of the molecule is Cn1nnnc1N1CCC(C(=O)O)(C(F)(F)F)C1. The average Bonchev–Trinajstić information content (AvgIpc) is 2.82. The van der Waals surface area contributed by atoms with Crippen molar-refractivity contribution >= 4 is 11.9 Å². The molecule has 1 aliphatic rings. The van der Waals surface area contributed by atoms with Crippen LogP contribution in [0.5, 0.6) is 0 Å². The molecule has 10 heteroatoms. The van der Waals surface area contributed by atoms with Crippen LogP contribution in [-0.2, 0) is 11.8 Å². The number of aliphatic carboxylic acids is 1. The lowest BCUT2D eigenvalue weighted by molar-refractivity contribution is -0.225. The lowest BCUT2D eigenvalue weighted by Gasteiger charge is -2.27. The highest BCUT2D eigenvalue weighted by Crippen LogP contribution is 2.46. The highest BCUT2D eigenvalue weighted by atomic mass is 19.4. The van der Waals surface area contributed by atoms with Crippen LogP contribution < -0.4 is 4.90 Å². The molecule has 1 atom stereocenters. The van der Waals surface area contributed by atoms with E-state index in [1.807, 2.05) is 0 Å². The summed E-state index contributed by atoms with van der Waals surface area (Å²) in [7, 11) is 1.48. The molecule has 2 rings (SSSR count). The number of aryl methyl sites for hydroxylation is 1. The number of hydrogen-bond acceptors (Lipinski definition) is 5. The molecule has 0 aliphatic carbocycles. The first-order valence-corrected chi connectivity index (χ1v) is 5.05. The van der Waals surface area contributed by atoms with Gasteiger partial charge in [-0.1, -0.05) is 5.10 Å². The maximum atomic E-state index is 12.9. The second kappa shape index (κ2) is 3.82. The van der Waals surface area contributed by atoms with Gasteiger partial charge in [0.25, 0.3) is 0 Å². The normalized spacial score (nSPS) is 24.6. The molecule has 100 valence electrons. The number of nitrogens with zero attached hydrogens (tertiary/aromatic N) is 5. The number of hydrogen-bond donors (Lipinski definition) is 1. The zero-order valence-corrected chi connectivity index (χ0v) is 9.35. The Labute approximate surface area is 99.2 Å². The van der Waals surface area contributed by atoms with Crippen LogP contribution in [-0.4, -0.2) is 50.5 Å². The minimum absolute atomic E-state index is 0.0555. The summed E-state index contributed by atoms with van der Waals surface area (Å²) in [5.74, 6) is -1.74. The van der Waals surface area contributed by atoms with Crippen molar-refractivity contribution in [3.63, 3.8) is 0 Å². The summed E-state index contributed by atoms with van der Waals surface area (Å²) in [6.07, 6.45) is -5.32. The van der Waals surface area contributed by atoms with Gasteiger partial charge in [0.1, 0.15) is 0 Å². The maximum Gasteiger partial charge on any atom is 0.406 e. The van der Waals surface area contributed by atoms with Gasteiger partial charge in [0, 0.05) is 20.1 Å². The van der Waals surface area contributed by atoms with Gasteiger partial charge in [-0.25, -0.2) is 4.68 Å². The fraction of sp³-hybridized carbons (Fsp3) is 0.750. The quantitative estimate of drug-likeness (QED) is 0.813. The molecule has 0 spiro atoms. The number of carbonyl (C=O) groups is 1. The Morgan fingerprint density at radius 1 is 1.50 bits per heavy atom. The van der Waals surface area contributed by atoms with E-state index >= 15 is 0 Å². The Kier molecular flexibility index (Phi) is 2.67. The summed E-state index contributed by atoms with van der Waals surface area (Å²) in [4.78, 5) is 12.2. The fourth-order valence-corrected chi connectivity index (χ4v) is 2.00. The van der Waals surface area contributed by atoms with Crippen LogP contribution in [0.25, 0.3) is 0 Å². The van der Waals surface area contributed by atoms with Crippen LogP contribution in [0, 0.1) is 5.41 Å². The Morgan fingerprint density at radius 3 is 2.56 bits per heavy atom. The van der Waals surface area contributed by atoms with Crippen LogP contribution in [0.3, 0.4) is 0 Å². The Balaban J connectivity index is 2.30. The van der Waals surface area contributed by atoms with Crippen molar-refractivity contribution in [1.82, 2.24) is 20.2 Å². The summed E-state index contributed by atoms with van der Waals surface area (Å²) in [6, 6.07) is 0. The zero-order valence-electron chi connectivity index (χ0n) is 9.35. The number of carboxylic acids is 1. The summed E-state index contributed by atoms with van der Waals surface area (Å²) in [6.45, 7) is -0.736. The molecule has 0 radical (unpaired) electrons. The maximum absolute atomic E-state index is 12.9. The standard InChI is InChI=1S/C8H10F3N5O2/c1-15-6(12-13-14-15)16-3-2-7(4-16,5(17)18)8(9,10)11/h2-4H2,1H3,(H,17,18). The number of rotatable bonds is 2. The van der Waals surface area contributed by atoms with E-state index in [1.54, 1.807) is 0 Å². The van der Waals surface area contributed by atoms with E-state index in [0.717, 1.165) is 0 Å². The van der Waals surface area contributed by atoms with Crippen LogP contribution in [0.2, 0.25) is 0 Å². The molecular formula is C8H10F3N5O2. The predicted molar refractivity (Wildman–Crippen MR) is 51.8 cm³/mol. The van der Waals surface area contributed by atoms with Crippen LogP contribution >= 0.6 is 0 Å². The highest BCUT2D eigenvalue weighted by Gasteiger charge is 2.64. The largest absolute Gasteiger partial charge is 0.481 e. The molecule has 18 heavy (non-hydrogen) atoms. The summed E-state index contributed by atoms with van der Waals surface area (Å²) in [5.41, 5.74) is -2.75. The van der Waals surface area contributed by atoms with Gasteiger partial charge >= 0.3 is 12.1 Å². The van der Waals surface area contributed by atoms with E-state index in [0.29, 0.717) is 0 Å². The van der Waals surface area contributed by atoms with Gasteiger partial charge in [0.15, 0.2) is 5.41 Å². The molecule has 1 saturated heterocycles. The summed E-state index contributed by atoms with van der Waals surface area (Å²) >= 11 is 0. The first-order valence-electron chi connectivity index (χ1n) is 5.05. The van der Waals surface area contributed by atoms with Gasteiger partial charge in [0.05, 0.1) is 0 Å². The number of alkyl halides is 3. The molecular weight excluding hydrogens is 255 g/mol. The molecule has 0 bridgehead atoms. The first-order chi connectivity index (χ1) is 8.28. The van der Waals surface area contributed by atoms with Crippen molar-refractivity contribution < 1.29 is 23.1 Å². The third kappa shape index (κ3) is 1.68. The minimum atomic E-state index is -4.81. The lowest BCUT2D eigenvalue weighted by atomic mass is 9.86. The molecule has 2 heterocycles. The smallest absolute Gasteiger partial charge is 0.406 e. The molecule has 0 aromatic carbocycles. The van der Waals surface area contributed by atoms with E-state index in [9.17, 15) is 18.0 Å². The summed E-state index contributed by atoms with van der Waals surface area (Å²) in [5, 5.41) is 19.3. The van der Waals surface area contributed by atoms with Crippen molar-refractivity contribution in [2.45, 2.75) is 12.6 Å². The number of halogens is 3. The number of anilines is 1. The molecule has 1 aromatic heterocycles. The van der Waals surface area contributed by atoms with E-state index in [-0.39, 0.29) is 12.5 Å². The van der Waals surface area contributed by atoms with Crippen molar-refractivity contribution in [1.29, 1.82) is 0 Å². The number of carboxylic acid groups (broad SMARTS) is 1. The molecule has 1 fully saturated rings. The minimum Gasteiger partial charge on any atom is -0.481 e. The van der Waals surface area contributed by atoms with Gasteiger partial charge in [0.2, 0.25) is 5.95 Å². The lowest BCUT2D eigenvalue weighted by Crippen LogP contribution is -2.47. The zero-order chi connectivity index (χ0) is 13.6. The van der Waals surface area contributed by atoms with E-state index in [4.69, 9.17) is 5.11 Å². The average molecular weight is 265 g/mol. The van der Waals surface area contributed by atoms with Crippen molar-refractivity contribution in [3.05, 3.63) is 0 Å². The van der Waals surface area contributed by atoms with Crippen molar-refractivity contribution in [3.8, 4) is 0 Å². The Morgan fingerprint density at radius 2 is 2.17 bits per heavy atom. The van der Waals surface area contributed by atoms with Gasteiger partial charge in [-0.2, -0.15) is 13.2 Å². The van der Waals surface area contributed by atoms with Gasteiger partial charge in [-0.3, -0.25) is 4.79 Å². The van der Waals surface area contributed by atoms with E-state index in [1.165, 1.54) is 16.6 Å². The molecule has 1 aromatic rings. The fourth-order valence-electron chi connectivity index (χ4n) is 2.00. The Hall–Kier alpha value is -1.87. The Bertz CT molecular complexity index is 474. The molecule has 0 saturated carbocycles. The predicted octanol–water partition coefficient (Wildman–Crippen LogP) is 0.0535. The van der Waals surface area contributed by atoms with Crippen LogP contribution in [0.15, 0.2) is 0 Å². The van der Waals surface area contributed by atoms with Crippen LogP contribution in [0.1, 0.15) is 6.42 Å². The van der Waals surface area contributed by atoms with Gasteiger partial charge in [-0.15, -0.1) is 0 Å². The molecule has 1 N–H and O–H groups in total. The molecule has 7 nitrogen and oxygen atoms in total. The van der Waals surface area contributed by atoms with E-state index in [2.05, 4.69) is 15.5 Å². The van der Waals surface area contributed by atoms with Crippen molar-refractivity contribution in [2.24, 2.45) is 12.5 Å². The van der Waals surface area contributed by atoms with Crippen LogP contribution in [0.4, 0.5) is 19.1 Å². The molecule has 1 unspecified atom stereocenters. The molecule has 0 amide bonds. The third-order valence-electron chi connectivity index (χ3n) is 3.10. The third-order valence-corrected chi connectivity index (χ3v) is 3.10. The number of aromatic nitrogens is 4. The van der Waals surface area contributed by atoms with Crippen molar-refractivity contribution in [2.75, 3.05) is 18.0 Å².